The number of aromatic nitrogens is 1. The number of quaternary nitrogens is 1. The fourth-order valence-corrected chi connectivity index (χ4v) is 4.13. The van der Waals surface area contributed by atoms with Crippen molar-refractivity contribution in [1.82, 2.24) is 15.6 Å². The van der Waals surface area contributed by atoms with E-state index in [-0.39, 0.29) is 24.5 Å². The van der Waals surface area contributed by atoms with Crippen LogP contribution in [-0.2, 0) is 11.3 Å². The van der Waals surface area contributed by atoms with Crippen LogP contribution in [0.15, 0.2) is 24.3 Å². The molecule has 3 N–H and O–H groups in total. The number of carbonyl (C=O) groups is 2. The zero-order valence-electron chi connectivity index (χ0n) is 13.8. The lowest BCUT2D eigenvalue weighted by Crippen LogP contribution is -3.09. The third-order valence-electron chi connectivity index (χ3n) is 4.20. The van der Waals surface area contributed by atoms with E-state index in [9.17, 15) is 9.59 Å². The van der Waals surface area contributed by atoms with Crippen molar-refractivity contribution in [3.8, 4) is 0 Å². The molecule has 1 heterocycles. The van der Waals surface area contributed by atoms with Gasteiger partial charge in [0.15, 0.2) is 6.54 Å². The molecule has 1 unspecified atom stereocenters. The van der Waals surface area contributed by atoms with Crippen molar-refractivity contribution >= 4 is 33.5 Å². The molecular weight excluding hydrogens is 324 g/mol. The highest BCUT2D eigenvalue weighted by Gasteiger charge is 2.19. The maximum absolute atomic E-state index is 12.0. The van der Waals surface area contributed by atoms with E-state index < -0.39 is 0 Å². The summed E-state index contributed by atoms with van der Waals surface area (Å²) in [5, 5.41) is 6.28. The van der Waals surface area contributed by atoms with Crippen LogP contribution >= 0.6 is 11.3 Å². The average molecular weight is 347 g/mol. The number of rotatable bonds is 5. The summed E-state index contributed by atoms with van der Waals surface area (Å²) in [4.78, 5) is 29.4. The van der Waals surface area contributed by atoms with Gasteiger partial charge in [0.1, 0.15) is 11.6 Å². The Labute approximate surface area is 145 Å². The Morgan fingerprint density at radius 3 is 2.79 bits per heavy atom. The first-order chi connectivity index (χ1) is 11.6. The van der Waals surface area contributed by atoms with Crippen LogP contribution in [0.4, 0.5) is 4.79 Å². The molecule has 1 atom stereocenters. The van der Waals surface area contributed by atoms with Crippen molar-refractivity contribution < 1.29 is 14.5 Å². The predicted molar refractivity (Wildman–Crippen MR) is 94.0 cm³/mol. The molecule has 3 rings (SSSR count). The van der Waals surface area contributed by atoms with Crippen molar-refractivity contribution in [2.45, 2.75) is 38.3 Å². The minimum absolute atomic E-state index is 0.214. The summed E-state index contributed by atoms with van der Waals surface area (Å²) < 4.78 is 1.15. The van der Waals surface area contributed by atoms with E-state index in [4.69, 9.17) is 0 Å². The Balaban J connectivity index is 1.45. The molecule has 1 aromatic heterocycles. The van der Waals surface area contributed by atoms with Crippen molar-refractivity contribution in [2.75, 3.05) is 13.6 Å². The van der Waals surface area contributed by atoms with Crippen LogP contribution in [0.1, 0.15) is 30.7 Å². The summed E-state index contributed by atoms with van der Waals surface area (Å²) in [6, 6.07) is 7.84. The molecule has 0 aliphatic heterocycles. The first kappa shape index (κ1) is 16.9. The van der Waals surface area contributed by atoms with Crippen LogP contribution < -0.4 is 15.5 Å². The number of carbonyl (C=O) groups excluding carboxylic acids is 2. The van der Waals surface area contributed by atoms with E-state index >= 15 is 0 Å². The second kappa shape index (κ2) is 7.72. The predicted octanol–water partition coefficient (Wildman–Crippen LogP) is 1.08. The number of nitrogens with zero attached hydrogens (tertiary/aromatic N) is 1. The van der Waals surface area contributed by atoms with Crippen LogP contribution in [0.2, 0.25) is 0 Å². The van der Waals surface area contributed by atoms with E-state index in [1.807, 2.05) is 31.3 Å². The molecule has 1 aliphatic rings. The quantitative estimate of drug-likeness (QED) is 0.758. The lowest BCUT2D eigenvalue weighted by atomic mass is 10.2. The summed E-state index contributed by atoms with van der Waals surface area (Å²) in [6.45, 7) is 0.908. The number of fused-ring (bicyclic) bond motifs is 1. The fourth-order valence-electron chi connectivity index (χ4n) is 3.05. The van der Waals surface area contributed by atoms with Crippen LogP contribution in [-0.4, -0.2) is 36.6 Å². The van der Waals surface area contributed by atoms with Crippen molar-refractivity contribution in [3.63, 3.8) is 0 Å². The Morgan fingerprint density at radius 1 is 1.29 bits per heavy atom. The van der Waals surface area contributed by atoms with E-state index in [2.05, 4.69) is 15.6 Å². The summed E-state index contributed by atoms with van der Waals surface area (Å²) in [5.41, 5.74) is 0.991. The highest BCUT2D eigenvalue weighted by atomic mass is 32.1. The third-order valence-corrected chi connectivity index (χ3v) is 5.23. The number of para-hydroxylation sites is 1. The molecular formula is C17H23N4O2S+. The Kier molecular flexibility index (Phi) is 5.42. The van der Waals surface area contributed by atoms with Gasteiger partial charge in [-0.2, -0.15) is 0 Å². The number of thiazole rings is 1. The van der Waals surface area contributed by atoms with E-state index in [1.165, 1.54) is 0 Å². The Hall–Kier alpha value is -1.99. The van der Waals surface area contributed by atoms with Gasteiger partial charge in [0.05, 0.1) is 17.3 Å². The number of benzene rings is 1. The number of nitrogens with one attached hydrogen (secondary N) is 3. The molecule has 1 aliphatic carbocycles. The molecule has 0 radical (unpaired) electrons. The van der Waals surface area contributed by atoms with Crippen molar-refractivity contribution in [2.24, 2.45) is 0 Å². The Bertz CT molecular complexity index is 691. The summed E-state index contributed by atoms with van der Waals surface area (Å²) in [5.74, 6) is -0.260. The van der Waals surface area contributed by atoms with Gasteiger partial charge in [0, 0.05) is 6.04 Å². The second-order valence-electron chi connectivity index (χ2n) is 6.39. The monoisotopic (exact) mass is 347 g/mol. The highest BCUT2D eigenvalue weighted by molar-refractivity contribution is 7.18. The van der Waals surface area contributed by atoms with Crippen molar-refractivity contribution in [1.29, 1.82) is 0 Å². The maximum Gasteiger partial charge on any atom is 0.321 e. The molecule has 7 heteroatoms. The number of imide groups is 1. The van der Waals surface area contributed by atoms with Gasteiger partial charge in [-0.05, 0) is 25.0 Å². The van der Waals surface area contributed by atoms with Crippen LogP contribution in [0.5, 0.6) is 0 Å². The standard InChI is InChI=1S/C17H22N4O2S/c1-21(11-16-19-13-8-4-5-9-14(13)24-16)10-15(22)20-17(23)18-12-6-2-3-7-12/h4-5,8-9,12H,2-3,6-7,10-11H2,1H3,(H2,18,20,22,23)/p+1. The largest absolute Gasteiger partial charge is 0.335 e. The minimum atomic E-state index is -0.375. The first-order valence-corrected chi connectivity index (χ1v) is 9.18. The summed E-state index contributed by atoms with van der Waals surface area (Å²) in [7, 11) is 1.93. The first-order valence-electron chi connectivity index (χ1n) is 8.36. The second-order valence-corrected chi connectivity index (χ2v) is 7.50. The molecule has 128 valence electrons. The smallest absolute Gasteiger partial charge is 0.321 e. The zero-order valence-corrected chi connectivity index (χ0v) is 14.6. The molecule has 24 heavy (non-hydrogen) atoms. The van der Waals surface area contributed by atoms with Gasteiger partial charge in [-0.3, -0.25) is 10.1 Å². The van der Waals surface area contributed by atoms with Crippen LogP contribution in [0, 0.1) is 0 Å². The molecule has 3 amide bonds. The number of hydrogen-bond acceptors (Lipinski definition) is 4. The third kappa shape index (κ3) is 4.52. The van der Waals surface area contributed by atoms with E-state index in [1.54, 1.807) is 11.3 Å². The molecule has 2 aromatic rings. The molecule has 1 fully saturated rings. The SMILES string of the molecule is C[NH+](CC(=O)NC(=O)NC1CCCC1)Cc1nc2ccccc2s1. The number of urea groups is 1. The van der Waals surface area contributed by atoms with Gasteiger partial charge in [0.25, 0.3) is 5.91 Å². The van der Waals surface area contributed by atoms with Gasteiger partial charge in [-0.1, -0.05) is 25.0 Å². The van der Waals surface area contributed by atoms with Gasteiger partial charge in [0.2, 0.25) is 0 Å². The van der Waals surface area contributed by atoms with Gasteiger partial charge in [-0.25, -0.2) is 9.78 Å². The lowest BCUT2D eigenvalue weighted by molar-refractivity contribution is -0.885. The molecule has 0 bridgehead atoms. The zero-order chi connectivity index (χ0) is 16.9. The van der Waals surface area contributed by atoms with Gasteiger partial charge >= 0.3 is 6.03 Å². The number of amides is 3. The number of hydrogen-bond donors (Lipinski definition) is 3. The van der Waals surface area contributed by atoms with Crippen molar-refractivity contribution in [3.05, 3.63) is 29.3 Å². The maximum atomic E-state index is 12.0. The highest BCUT2D eigenvalue weighted by Crippen LogP contribution is 2.20. The molecule has 0 saturated heterocycles. The fraction of sp³-hybridized carbons (Fsp3) is 0.471. The lowest BCUT2D eigenvalue weighted by Gasteiger charge is -2.14. The van der Waals surface area contributed by atoms with E-state index in [0.717, 1.165) is 45.8 Å². The average Bonchev–Trinajstić information content (AvgIpc) is 3.14. The molecule has 1 aromatic carbocycles. The van der Waals surface area contributed by atoms with Crippen LogP contribution in [0.3, 0.4) is 0 Å². The molecule has 0 spiro atoms. The van der Waals surface area contributed by atoms with Gasteiger partial charge in [-0.15, -0.1) is 11.3 Å². The summed E-state index contributed by atoms with van der Waals surface area (Å²) in [6.07, 6.45) is 4.30. The molecule has 6 nitrogen and oxygen atoms in total. The Morgan fingerprint density at radius 2 is 2.04 bits per heavy atom. The van der Waals surface area contributed by atoms with Crippen LogP contribution in [0.25, 0.3) is 10.2 Å². The minimum Gasteiger partial charge on any atom is -0.335 e. The normalized spacial score (nSPS) is 16.2. The van der Waals surface area contributed by atoms with E-state index in [0.29, 0.717) is 6.54 Å². The van der Waals surface area contributed by atoms with Gasteiger partial charge < -0.3 is 10.2 Å². The molecule has 1 saturated carbocycles. The number of likely N-dealkylation sites (N-methyl/N-ethyl adjacent to an activating group) is 1. The summed E-state index contributed by atoms with van der Waals surface area (Å²) >= 11 is 1.64. The topological polar surface area (TPSA) is 75.5 Å².